The Morgan fingerprint density at radius 1 is 0.591 bits per heavy atom. The van der Waals surface area contributed by atoms with Crippen LogP contribution in [0.5, 0.6) is 0 Å². The van der Waals surface area contributed by atoms with E-state index in [1.165, 1.54) is 63.6 Å². The van der Waals surface area contributed by atoms with Crippen molar-refractivity contribution in [2.75, 3.05) is 0 Å². The number of aromatic nitrogens is 1. The molecular formula is C42H29NS. The summed E-state index contributed by atoms with van der Waals surface area (Å²) in [5.74, 6) is 0. The largest absolute Gasteiger partial charge is 0.246 e. The third-order valence-electron chi connectivity index (χ3n) is 8.52. The second-order valence-corrected chi connectivity index (χ2v) is 12.2. The minimum Gasteiger partial charge on any atom is -0.246 e. The van der Waals surface area contributed by atoms with Gasteiger partial charge in [0.2, 0.25) is 0 Å². The first-order chi connectivity index (χ1) is 21.7. The van der Waals surface area contributed by atoms with Gasteiger partial charge in [0.15, 0.2) is 0 Å². The van der Waals surface area contributed by atoms with E-state index < -0.39 is 0 Å². The lowest BCUT2D eigenvalue weighted by molar-refractivity contribution is 1.32. The second-order valence-electron chi connectivity index (χ2n) is 11.1. The van der Waals surface area contributed by atoms with Crippen molar-refractivity contribution in [1.29, 1.82) is 0 Å². The van der Waals surface area contributed by atoms with Crippen molar-refractivity contribution in [3.8, 4) is 22.4 Å². The molecule has 6 aromatic carbocycles. The Labute approximate surface area is 260 Å². The zero-order valence-corrected chi connectivity index (χ0v) is 25.2. The molecule has 2 heterocycles. The number of thiophene rings is 1. The van der Waals surface area contributed by atoms with Gasteiger partial charge in [0, 0.05) is 26.6 Å². The summed E-state index contributed by atoms with van der Waals surface area (Å²) in [4.78, 5) is 5.31. The monoisotopic (exact) mass is 579 g/mol. The third kappa shape index (κ3) is 4.26. The zero-order valence-electron chi connectivity index (χ0n) is 24.4. The summed E-state index contributed by atoms with van der Waals surface area (Å²) in [6.07, 6.45) is 8.08. The van der Waals surface area contributed by atoms with Crippen molar-refractivity contribution >= 4 is 69.4 Å². The van der Waals surface area contributed by atoms with E-state index in [-0.39, 0.29) is 0 Å². The molecule has 0 aliphatic carbocycles. The van der Waals surface area contributed by atoms with Gasteiger partial charge >= 0.3 is 0 Å². The number of hydrogen-bond acceptors (Lipinski definition) is 2. The minimum atomic E-state index is 0.967. The van der Waals surface area contributed by atoms with Crippen LogP contribution in [0, 0.1) is 0 Å². The molecule has 0 atom stereocenters. The molecule has 2 aromatic heterocycles. The van der Waals surface area contributed by atoms with Gasteiger partial charge in [-0.25, -0.2) is 4.98 Å². The predicted molar refractivity (Wildman–Crippen MR) is 194 cm³/mol. The number of benzene rings is 6. The normalized spacial score (nSPS) is 12.3. The molecule has 44 heavy (non-hydrogen) atoms. The van der Waals surface area contributed by atoms with Crippen LogP contribution in [0.1, 0.15) is 12.6 Å². The fourth-order valence-corrected chi connectivity index (χ4v) is 7.73. The van der Waals surface area contributed by atoms with Crippen LogP contribution in [0.4, 0.5) is 0 Å². The highest BCUT2D eigenvalue weighted by atomic mass is 32.1. The Morgan fingerprint density at radius 3 is 1.91 bits per heavy atom. The average Bonchev–Trinajstić information content (AvgIpc) is 3.46. The van der Waals surface area contributed by atoms with Gasteiger partial charge in [-0.15, -0.1) is 11.3 Å². The van der Waals surface area contributed by atoms with E-state index in [0.717, 1.165) is 22.5 Å². The van der Waals surface area contributed by atoms with E-state index in [0.29, 0.717) is 0 Å². The standard InChI is InChI=1S/C42H29NS/c1-3-12-27(13-4-2)41-42-38(36-20-9-10-21-40(36)44-42)26-39(43-41)30-15-11-14-28(24-30)29-22-23-35-33-18-6-5-16-31(33)32-17-7-8-19-34(32)37(35)25-29/h3-26H,1H2,2H3/b13-4-,27-12+. The Balaban J connectivity index is 1.33. The molecule has 0 bridgehead atoms. The fourth-order valence-electron chi connectivity index (χ4n) is 6.53. The molecule has 208 valence electrons. The van der Waals surface area contributed by atoms with Crippen LogP contribution in [-0.2, 0) is 0 Å². The zero-order chi connectivity index (χ0) is 29.6. The van der Waals surface area contributed by atoms with E-state index >= 15 is 0 Å². The molecule has 0 saturated carbocycles. The average molecular weight is 580 g/mol. The summed E-state index contributed by atoms with van der Waals surface area (Å²) in [7, 11) is 0. The van der Waals surface area contributed by atoms with Gasteiger partial charge in [0.1, 0.15) is 0 Å². The fraction of sp³-hybridized carbons (Fsp3) is 0.0238. The van der Waals surface area contributed by atoms with Crippen LogP contribution in [0.15, 0.2) is 152 Å². The summed E-state index contributed by atoms with van der Waals surface area (Å²) in [6, 6.07) is 44.1. The van der Waals surface area contributed by atoms with Crippen LogP contribution in [0.3, 0.4) is 0 Å². The topological polar surface area (TPSA) is 12.9 Å². The highest BCUT2D eigenvalue weighted by molar-refractivity contribution is 7.26. The minimum absolute atomic E-state index is 0.967. The Bertz CT molecular complexity index is 2440. The van der Waals surface area contributed by atoms with E-state index in [2.05, 4.69) is 146 Å². The molecule has 0 aliphatic heterocycles. The van der Waals surface area contributed by atoms with Gasteiger partial charge < -0.3 is 0 Å². The van der Waals surface area contributed by atoms with Crippen molar-refractivity contribution in [2.45, 2.75) is 6.92 Å². The van der Waals surface area contributed by atoms with Gasteiger partial charge in [-0.05, 0) is 74.6 Å². The van der Waals surface area contributed by atoms with Crippen LogP contribution in [0.25, 0.3) is 80.4 Å². The molecule has 2 heteroatoms. The molecule has 0 spiro atoms. The van der Waals surface area contributed by atoms with Crippen LogP contribution in [0.2, 0.25) is 0 Å². The van der Waals surface area contributed by atoms with Crippen molar-refractivity contribution in [3.63, 3.8) is 0 Å². The molecule has 0 aliphatic rings. The number of pyridine rings is 1. The molecule has 8 aromatic rings. The molecule has 0 amide bonds. The molecule has 0 fully saturated rings. The quantitative estimate of drug-likeness (QED) is 0.146. The Kier molecular flexibility index (Phi) is 6.43. The van der Waals surface area contributed by atoms with Gasteiger partial charge in [-0.2, -0.15) is 0 Å². The van der Waals surface area contributed by atoms with Gasteiger partial charge in [0.25, 0.3) is 0 Å². The van der Waals surface area contributed by atoms with E-state index in [4.69, 9.17) is 4.98 Å². The van der Waals surface area contributed by atoms with Gasteiger partial charge in [0.05, 0.1) is 16.1 Å². The SMILES string of the molecule is C=C/C=C(\C=C/C)c1nc(-c2cccc(-c3ccc4c5ccccc5c5ccccc5c4c3)c2)cc2c1sc1ccccc12. The maximum absolute atomic E-state index is 5.31. The lowest BCUT2D eigenvalue weighted by Crippen LogP contribution is -1.92. The Morgan fingerprint density at radius 2 is 1.20 bits per heavy atom. The van der Waals surface area contributed by atoms with Gasteiger partial charge in [-0.1, -0.05) is 128 Å². The first-order valence-corrected chi connectivity index (χ1v) is 15.8. The van der Waals surface area contributed by atoms with Gasteiger partial charge in [-0.3, -0.25) is 0 Å². The number of hydrogen-bond donors (Lipinski definition) is 0. The Hall–Kier alpha value is -5.31. The summed E-state index contributed by atoms with van der Waals surface area (Å²) in [5, 5.41) is 10.2. The number of allylic oxidation sites excluding steroid dienone is 5. The maximum atomic E-state index is 5.31. The number of fused-ring (bicyclic) bond motifs is 9. The molecular weight excluding hydrogens is 551 g/mol. The van der Waals surface area contributed by atoms with Crippen LogP contribution >= 0.6 is 11.3 Å². The van der Waals surface area contributed by atoms with E-state index in [9.17, 15) is 0 Å². The maximum Gasteiger partial charge on any atom is 0.0887 e. The predicted octanol–water partition coefficient (Wildman–Crippen LogP) is 12.4. The first kappa shape index (κ1) is 26.3. The molecule has 0 saturated heterocycles. The smallest absolute Gasteiger partial charge is 0.0887 e. The lowest BCUT2D eigenvalue weighted by Gasteiger charge is -2.13. The van der Waals surface area contributed by atoms with Crippen molar-refractivity contribution < 1.29 is 0 Å². The molecule has 1 nitrogen and oxygen atoms in total. The van der Waals surface area contributed by atoms with Crippen molar-refractivity contribution in [3.05, 3.63) is 158 Å². The molecule has 0 unspecified atom stereocenters. The van der Waals surface area contributed by atoms with Crippen molar-refractivity contribution in [1.82, 2.24) is 4.98 Å². The second kappa shape index (κ2) is 10.8. The number of rotatable bonds is 5. The number of nitrogens with zero attached hydrogens (tertiary/aromatic N) is 1. The van der Waals surface area contributed by atoms with Crippen LogP contribution < -0.4 is 0 Å². The molecule has 0 radical (unpaired) electrons. The van der Waals surface area contributed by atoms with Crippen LogP contribution in [-0.4, -0.2) is 4.98 Å². The summed E-state index contributed by atoms with van der Waals surface area (Å²) < 4.78 is 2.47. The highest BCUT2D eigenvalue weighted by Crippen LogP contribution is 2.41. The summed E-state index contributed by atoms with van der Waals surface area (Å²) in [5.41, 5.74) is 6.49. The first-order valence-electron chi connectivity index (χ1n) is 15.0. The molecule has 8 rings (SSSR count). The third-order valence-corrected chi connectivity index (χ3v) is 9.71. The van der Waals surface area contributed by atoms with Crippen molar-refractivity contribution in [2.24, 2.45) is 0 Å². The summed E-state index contributed by atoms with van der Waals surface area (Å²) in [6.45, 7) is 6.02. The molecule has 0 N–H and O–H groups in total. The van der Waals surface area contributed by atoms with E-state index in [1.54, 1.807) is 11.3 Å². The summed E-state index contributed by atoms with van der Waals surface area (Å²) >= 11 is 1.80. The van der Waals surface area contributed by atoms with E-state index in [1.807, 2.05) is 13.0 Å². The highest BCUT2D eigenvalue weighted by Gasteiger charge is 2.16. The lowest BCUT2D eigenvalue weighted by atomic mass is 9.91.